The molecule has 0 spiro atoms. The Morgan fingerprint density at radius 1 is 0.941 bits per heavy atom. The second-order valence-electron chi connectivity index (χ2n) is 8.92. The molecule has 0 N–H and O–H groups in total. The van der Waals surface area contributed by atoms with Crippen molar-refractivity contribution in [2.45, 2.75) is 57.5 Å². The van der Waals surface area contributed by atoms with E-state index in [0.29, 0.717) is 45.4 Å². The first kappa shape index (κ1) is 26.2. The molecule has 2 aliphatic rings. The third-order valence-electron chi connectivity index (χ3n) is 6.51. The van der Waals surface area contributed by atoms with Crippen molar-refractivity contribution in [2.75, 3.05) is 32.8 Å². The minimum atomic E-state index is -3.61. The maximum atomic E-state index is 12.8. The Hall–Kier alpha value is -2.46. The molecule has 1 atom stereocenters. The number of amides is 1. The van der Waals surface area contributed by atoms with Crippen LogP contribution in [0.25, 0.3) is 0 Å². The van der Waals surface area contributed by atoms with Crippen LogP contribution in [0.5, 0.6) is 0 Å². The third-order valence-corrected chi connectivity index (χ3v) is 8.43. The fraction of sp³-hybridized carbons (Fsp3) is 0.625. The highest BCUT2D eigenvalue weighted by atomic mass is 32.2. The number of carbonyl (C=O) groups excluding carboxylic acids is 3. The first-order valence-electron chi connectivity index (χ1n) is 11.9. The van der Waals surface area contributed by atoms with Gasteiger partial charge < -0.3 is 14.4 Å². The van der Waals surface area contributed by atoms with Crippen LogP contribution in [0, 0.1) is 18.8 Å². The van der Waals surface area contributed by atoms with E-state index in [1.807, 2.05) is 6.92 Å². The van der Waals surface area contributed by atoms with Crippen molar-refractivity contribution in [1.82, 2.24) is 9.21 Å². The van der Waals surface area contributed by atoms with Gasteiger partial charge >= 0.3 is 11.9 Å². The maximum absolute atomic E-state index is 12.8. The molecule has 34 heavy (non-hydrogen) atoms. The summed E-state index contributed by atoms with van der Waals surface area (Å²) >= 11 is 0. The van der Waals surface area contributed by atoms with Crippen molar-refractivity contribution in [3.05, 3.63) is 29.8 Å². The van der Waals surface area contributed by atoms with Gasteiger partial charge in [0.05, 0.1) is 23.3 Å². The lowest BCUT2D eigenvalue weighted by Gasteiger charge is -2.33. The quantitative estimate of drug-likeness (QED) is 0.534. The van der Waals surface area contributed by atoms with E-state index < -0.39 is 28.0 Å². The number of hydrogen-bond donors (Lipinski definition) is 0. The summed E-state index contributed by atoms with van der Waals surface area (Å²) in [6.07, 6.45) is 0.810. The monoisotopic (exact) mass is 494 g/mol. The molecule has 1 amide bonds. The SMILES string of the molecule is CCOC(=O)C1CCN(C(=O)[C@H](C)OC(=O)C2CCN(S(=O)(=O)c3ccc(C)cc3)CC2)CC1. The molecule has 0 radical (unpaired) electrons. The van der Waals surface area contributed by atoms with Crippen LogP contribution in [0.3, 0.4) is 0 Å². The summed E-state index contributed by atoms with van der Waals surface area (Å²) < 4.78 is 37.6. The molecule has 9 nitrogen and oxygen atoms in total. The van der Waals surface area contributed by atoms with Gasteiger partial charge in [-0.05, 0) is 58.6 Å². The largest absolute Gasteiger partial charge is 0.466 e. The molecule has 0 unspecified atom stereocenters. The van der Waals surface area contributed by atoms with Gasteiger partial charge in [-0.15, -0.1) is 0 Å². The smallest absolute Gasteiger partial charge is 0.309 e. The highest BCUT2D eigenvalue weighted by Crippen LogP contribution is 2.26. The summed E-state index contributed by atoms with van der Waals surface area (Å²) in [7, 11) is -3.61. The van der Waals surface area contributed by atoms with Crippen molar-refractivity contribution in [1.29, 1.82) is 0 Å². The highest BCUT2D eigenvalue weighted by molar-refractivity contribution is 7.89. The lowest BCUT2D eigenvalue weighted by molar-refractivity contribution is -0.164. The number of hydrogen-bond acceptors (Lipinski definition) is 7. The molecular formula is C24H34N2O7S. The number of carbonyl (C=O) groups is 3. The van der Waals surface area contributed by atoms with Crippen LogP contribution in [0.1, 0.15) is 45.1 Å². The molecular weight excluding hydrogens is 460 g/mol. The predicted molar refractivity (Wildman–Crippen MR) is 124 cm³/mol. The van der Waals surface area contributed by atoms with Gasteiger partial charge in [0, 0.05) is 26.2 Å². The molecule has 2 heterocycles. The van der Waals surface area contributed by atoms with E-state index in [4.69, 9.17) is 9.47 Å². The molecule has 3 rings (SSSR count). The van der Waals surface area contributed by atoms with E-state index in [1.54, 1.807) is 43.0 Å². The van der Waals surface area contributed by atoms with Crippen molar-refractivity contribution in [3.63, 3.8) is 0 Å². The zero-order valence-electron chi connectivity index (χ0n) is 20.1. The van der Waals surface area contributed by atoms with Gasteiger partial charge in [-0.1, -0.05) is 17.7 Å². The number of rotatable bonds is 7. The molecule has 0 saturated carbocycles. The fourth-order valence-corrected chi connectivity index (χ4v) is 5.83. The number of piperidine rings is 2. The zero-order valence-corrected chi connectivity index (χ0v) is 20.9. The second kappa shape index (κ2) is 11.3. The molecule has 10 heteroatoms. The van der Waals surface area contributed by atoms with Crippen LogP contribution < -0.4 is 0 Å². The highest BCUT2D eigenvalue weighted by Gasteiger charge is 2.35. The summed E-state index contributed by atoms with van der Waals surface area (Å²) in [5, 5.41) is 0. The molecule has 2 aliphatic heterocycles. The standard InChI is InChI=1S/C24H34N2O7S/c1-4-32-23(28)19-9-13-25(14-10-19)22(27)18(3)33-24(29)20-11-15-26(16-12-20)34(30,31)21-7-5-17(2)6-8-21/h5-8,18-20H,4,9-16H2,1-3H3/t18-/m0/s1. The zero-order chi connectivity index (χ0) is 24.9. The van der Waals surface area contributed by atoms with E-state index in [2.05, 4.69) is 0 Å². The fourth-order valence-electron chi connectivity index (χ4n) is 4.36. The van der Waals surface area contributed by atoms with Crippen molar-refractivity contribution in [2.24, 2.45) is 11.8 Å². The lowest BCUT2D eigenvalue weighted by Crippen LogP contribution is -2.46. The Morgan fingerprint density at radius 3 is 2.03 bits per heavy atom. The maximum Gasteiger partial charge on any atom is 0.309 e. The van der Waals surface area contributed by atoms with Crippen molar-refractivity contribution in [3.8, 4) is 0 Å². The molecule has 0 aromatic heterocycles. The second-order valence-corrected chi connectivity index (χ2v) is 10.9. The summed E-state index contributed by atoms with van der Waals surface area (Å²) in [5.74, 6) is -1.65. The topological polar surface area (TPSA) is 110 Å². The summed E-state index contributed by atoms with van der Waals surface area (Å²) in [6.45, 7) is 6.82. The van der Waals surface area contributed by atoms with Gasteiger partial charge in [0.1, 0.15) is 0 Å². The number of sulfonamides is 1. The van der Waals surface area contributed by atoms with Gasteiger partial charge in [-0.2, -0.15) is 4.31 Å². The van der Waals surface area contributed by atoms with Gasteiger partial charge in [0.2, 0.25) is 10.0 Å². The number of nitrogens with zero attached hydrogens (tertiary/aromatic N) is 2. The van der Waals surface area contributed by atoms with Gasteiger partial charge in [-0.25, -0.2) is 8.42 Å². The molecule has 1 aromatic carbocycles. The van der Waals surface area contributed by atoms with Crippen LogP contribution in [0.2, 0.25) is 0 Å². The molecule has 2 saturated heterocycles. The lowest BCUT2D eigenvalue weighted by atomic mass is 9.96. The Bertz CT molecular complexity index is 977. The first-order chi connectivity index (χ1) is 16.1. The molecule has 1 aromatic rings. The Morgan fingerprint density at radius 2 is 1.47 bits per heavy atom. The Kier molecular flexibility index (Phi) is 8.70. The Labute approximate surface area is 201 Å². The van der Waals surface area contributed by atoms with E-state index in [1.165, 1.54) is 4.31 Å². The van der Waals surface area contributed by atoms with Crippen LogP contribution >= 0.6 is 0 Å². The van der Waals surface area contributed by atoms with E-state index in [9.17, 15) is 22.8 Å². The number of benzene rings is 1. The van der Waals surface area contributed by atoms with E-state index >= 15 is 0 Å². The van der Waals surface area contributed by atoms with Crippen molar-refractivity contribution < 1.29 is 32.3 Å². The average Bonchev–Trinajstić information content (AvgIpc) is 2.84. The van der Waals surface area contributed by atoms with Crippen molar-refractivity contribution >= 4 is 27.9 Å². The number of ether oxygens (including phenoxy) is 2. The van der Waals surface area contributed by atoms with Gasteiger partial charge in [0.25, 0.3) is 5.91 Å². The molecule has 0 bridgehead atoms. The molecule has 188 valence electrons. The van der Waals surface area contributed by atoms with Gasteiger partial charge in [0.15, 0.2) is 6.10 Å². The third kappa shape index (κ3) is 6.15. The molecule has 2 fully saturated rings. The number of aryl methyl sites for hydroxylation is 1. The van der Waals surface area contributed by atoms with Crippen LogP contribution in [0.15, 0.2) is 29.2 Å². The number of likely N-dealkylation sites (tertiary alicyclic amines) is 1. The average molecular weight is 495 g/mol. The summed E-state index contributed by atoms with van der Waals surface area (Å²) in [5.41, 5.74) is 0.979. The first-order valence-corrected chi connectivity index (χ1v) is 13.3. The van der Waals surface area contributed by atoms with Gasteiger partial charge in [-0.3, -0.25) is 14.4 Å². The summed E-state index contributed by atoms with van der Waals surface area (Å²) in [4.78, 5) is 39.1. The molecule has 0 aliphatic carbocycles. The van der Waals surface area contributed by atoms with Crippen LogP contribution in [-0.2, 0) is 33.9 Å². The minimum Gasteiger partial charge on any atom is -0.466 e. The van der Waals surface area contributed by atoms with Crippen LogP contribution in [0.4, 0.5) is 0 Å². The van der Waals surface area contributed by atoms with E-state index in [0.717, 1.165) is 5.56 Å². The predicted octanol–water partition coefficient (Wildman–Crippen LogP) is 2.13. The number of esters is 2. The van der Waals surface area contributed by atoms with E-state index in [-0.39, 0.29) is 35.8 Å². The summed E-state index contributed by atoms with van der Waals surface area (Å²) in [6, 6.07) is 6.70. The minimum absolute atomic E-state index is 0.205. The normalized spacial score (nSPS) is 19.4. The van der Waals surface area contributed by atoms with Crippen LogP contribution in [-0.4, -0.2) is 74.4 Å². The Balaban J connectivity index is 1.47.